The highest BCUT2D eigenvalue weighted by Gasteiger charge is 2.49. The fourth-order valence-corrected chi connectivity index (χ4v) is 3.15. The molecule has 0 heterocycles. The molecule has 0 aliphatic heterocycles. The summed E-state index contributed by atoms with van der Waals surface area (Å²) in [5.74, 6) is 0.796. The average molecular weight is 192 g/mol. The summed E-state index contributed by atoms with van der Waals surface area (Å²) in [5, 5.41) is 9.35. The number of nitriles is 1. The van der Waals surface area contributed by atoms with E-state index in [-0.39, 0.29) is 5.41 Å². The van der Waals surface area contributed by atoms with Gasteiger partial charge in [-0.1, -0.05) is 12.8 Å². The van der Waals surface area contributed by atoms with E-state index in [2.05, 4.69) is 25.1 Å². The highest BCUT2D eigenvalue weighted by Crippen LogP contribution is 2.50. The first-order valence-electron chi connectivity index (χ1n) is 5.77. The quantitative estimate of drug-likeness (QED) is 0.686. The summed E-state index contributed by atoms with van der Waals surface area (Å²) in [6, 6.07) is 3.13. The number of rotatable bonds is 3. The van der Waals surface area contributed by atoms with Crippen LogP contribution in [0.4, 0.5) is 0 Å². The lowest BCUT2D eigenvalue weighted by Crippen LogP contribution is -2.53. The van der Waals surface area contributed by atoms with Crippen LogP contribution in [0.2, 0.25) is 0 Å². The lowest BCUT2D eigenvalue weighted by atomic mass is 9.58. The van der Waals surface area contributed by atoms with E-state index in [1.807, 2.05) is 0 Å². The SMILES string of the molecule is CN(C)C(C1CCC1)C1(C#N)CCC1. The molecule has 0 spiro atoms. The normalized spacial score (nSPS) is 27.6. The highest BCUT2D eigenvalue weighted by molar-refractivity contribution is 5.13. The molecule has 2 aliphatic rings. The van der Waals surface area contributed by atoms with Gasteiger partial charge in [-0.15, -0.1) is 0 Å². The molecule has 78 valence electrons. The van der Waals surface area contributed by atoms with Gasteiger partial charge in [0.2, 0.25) is 0 Å². The van der Waals surface area contributed by atoms with Gasteiger partial charge in [-0.05, 0) is 45.7 Å². The maximum atomic E-state index is 9.35. The minimum Gasteiger partial charge on any atom is -0.305 e. The molecule has 0 N–H and O–H groups in total. The Morgan fingerprint density at radius 2 is 1.93 bits per heavy atom. The molecule has 2 nitrogen and oxygen atoms in total. The molecule has 0 radical (unpaired) electrons. The first kappa shape index (κ1) is 9.98. The Morgan fingerprint density at radius 1 is 1.29 bits per heavy atom. The van der Waals surface area contributed by atoms with Crippen LogP contribution in [0, 0.1) is 22.7 Å². The third-order valence-electron chi connectivity index (χ3n) is 4.19. The van der Waals surface area contributed by atoms with Crippen molar-refractivity contribution in [3.05, 3.63) is 0 Å². The van der Waals surface area contributed by atoms with Crippen LogP contribution in [0.1, 0.15) is 38.5 Å². The summed E-state index contributed by atoms with van der Waals surface area (Å²) in [4.78, 5) is 2.30. The number of hydrogen-bond acceptors (Lipinski definition) is 2. The van der Waals surface area contributed by atoms with E-state index >= 15 is 0 Å². The van der Waals surface area contributed by atoms with E-state index in [1.54, 1.807) is 0 Å². The van der Waals surface area contributed by atoms with Crippen molar-refractivity contribution in [1.29, 1.82) is 5.26 Å². The van der Waals surface area contributed by atoms with Gasteiger partial charge in [-0.25, -0.2) is 0 Å². The van der Waals surface area contributed by atoms with Crippen LogP contribution >= 0.6 is 0 Å². The summed E-state index contributed by atoms with van der Waals surface area (Å²) >= 11 is 0. The third-order valence-corrected chi connectivity index (χ3v) is 4.19. The topological polar surface area (TPSA) is 27.0 Å². The smallest absolute Gasteiger partial charge is 0.0731 e. The van der Waals surface area contributed by atoms with Crippen molar-refractivity contribution in [1.82, 2.24) is 4.90 Å². The van der Waals surface area contributed by atoms with Gasteiger partial charge in [0.25, 0.3) is 0 Å². The van der Waals surface area contributed by atoms with Crippen LogP contribution in [0.15, 0.2) is 0 Å². The number of hydrogen-bond donors (Lipinski definition) is 0. The fourth-order valence-electron chi connectivity index (χ4n) is 3.15. The third kappa shape index (κ3) is 1.35. The van der Waals surface area contributed by atoms with Crippen molar-refractivity contribution in [3.63, 3.8) is 0 Å². The number of nitrogens with zero attached hydrogens (tertiary/aromatic N) is 2. The average Bonchev–Trinajstić information content (AvgIpc) is 1.97. The van der Waals surface area contributed by atoms with Gasteiger partial charge in [-0.3, -0.25) is 0 Å². The second kappa shape index (κ2) is 3.55. The molecule has 2 rings (SSSR count). The van der Waals surface area contributed by atoms with Gasteiger partial charge < -0.3 is 4.90 Å². The zero-order valence-electron chi connectivity index (χ0n) is 9.29. The van der Waals surface area contributed by atoms with E-state index < -0.39 is 0 Å². The van der Waals surface area contributed by atoms with Crippen molar-refractivity contribution >= 4 is 0 Å². The second-order valence-electron chi connectivity index (χ2n) is 5.22. The molecule has 2 heteroatoms. The van der Waals surface area contributed by atoms with E-state index in [1.165, 1.54) is 25.7 Å². The van der Waals surface area contributed by atoms with Gasteiger partial charge in [0.1, 0.15) is 0 Å². The Bertz CT molecular complexity index is 244. The molecule has 0 bridgehead atoms. The van der Waals surface area contributed by atoms with Crippen molar-refractivity contribution in [2.24, 2.45) is 11.3 Å². The predicted octanol–water partition coefficient (Wildman–Crippen LogP) is 2.41. The van der Waals surface area contributed by atoms with Gasteiger partial charge in [0.15, 0.2) is 0 Å². The largest absolute Gasteiger partial charge is 0.305 e. The second-order valence-corrected chi connectivity index (χ2v) is 5.22. The van der Waals surface area contributed by atoms with Gasteiger partial charge in [-0.2, -0.15) is 5.26 Å². The van der Waals surface area contributed by atoms with Crippen LogP contribution in [0.5, 0.6) is 0 Å². The standard InChI is InChI=1S/C12H20N2/c1-14(2)11(10-5-3-6-10)12(9-13)7-4-8-12/h10-11H,3-8H2,1-2H3. The maximum absolute atomic E-state index is 9.35. The van der Waals surface area contributed by atoms with Crippen LogP contribution in [-0.4, -0.2) is 25.0 Å². The Labute approximate surface area is 86.9 Å². The van der Waals surface area contributed by atoms with Crippen molar-refractivity contribution in [2.75, 3.05) is 14.1 Å². The molecule has 0 aromatic carbocycles. The summed E-state index contributed by atoms with van der Waals surface area (Å²) in [6.07, 6.45) is 7.56. The lowest BCUT2D eigenvalue weighted by Gasteiger charge is -2.51. The van der Waals surface area contributed by atoms with E-state index in [0.717, 1.165) is 18.8 Å². The van der Waals surface area contributed by atoms with E-state index in [4.69, 9.17) is 0 Å². The predicted molar refractivity (Wildman–Crippen MR) is 56.7 cm³/mol. The Hall–Kier alpha value is -0.550. The Balaban J connectivity index is 2.13. The molecule has 1 atom stereocenters. The van der Waals surface area contributed by atoms with Gasteiger partial charge in [0.05, 0.1) is 11.5 Å². The molecular weight excluding hydrogens is 172 g/mol. The molecule has 2 saturated carbocycles. The van der Waals surface area contributed by atoms with Gasteiger partial charge >= 0.3 is 0 Å². The molecular formula is C12H20N2. The first-order chi connectivity index (χ1) is 6.69. The Kier molecular flexibility index (Phi) is 2.53. The van der Waals surface area contributed by atoms with Crippen LogP contribution in [-0.2, 0) is 0 Å². The van der Waals surface area contributed by atoms with Crippen LogP contribution < -0.4 is 0 Å². The fraction of sp³-hybridized carbons (Fsp3) is 0.917. The minimum atomic E-state index is 0.00852. The van der Waals surface area contributed by atoms with Gasteiger partial charge in [0, 0.05) is 6.04 Å². The zero-order chi connectivity index (χ0) is 10.2. The molecule has 0 aromatic heterocycles. The summed E-state index contributed by atoms with van der Waals surface area (Å²) < 4.78 is 0. The molecule has 0 saturated heterocycles. The van der Waals surface area contributed by atoms with Crippen molar-refractivity contribution < 1.29 is 0 Å². The van der Waals surface area contributed by atoms with Crippen LogP contribution in [0.25, 0.3) is 0 Å². The summed E-state index contributed by atoms with van der Waals surface area (Å²) in [7, 11) is 4.28. The molecule has 14 heavy (non-hydrogen) atoms. The molecule has 0 amide bonds. The minimum absolute atomic E-state index is 0.00852. The molecule has 0 aromatic rings. The van der Waals surface area contributed by atoms with Crippen molar-refractivity contribution in [3.8, 4) is 6.07 Å². The van der Waals surface area contributed by atoms with Crippen molar-refractivity contribution in [2.45, 2.75) is 44.6 Å². The summed E-state index contributed by atoms with van der Waals surface area (Å²) in [5.41, 5.74) is 0.00852. The zero-order valence-corrected chi connectivity index (χ0v) is 9.29. The maximum Gasteiger partial charge on any atom is 0.0731 e. The molecule has 2 fully saturated rings. The molecule has 1 unspecified atom stereocenters. The summed E-state index contributed by atoms with van der Waals surface area (Å²) in [6.45, 7) is 0. The highest BCUT2D eigenvalue weighted by atomic mass is 15.1. The first-order valence-corrected chi connectivity index (χ1v) is 5.77. The monoisotopic (exact) mass is 192 g/mol. The van der Waals surface area contributed by atoms with E-state index in [0.29, 0.717) is 6.04 Å². The van der Waals surface area contributed by atoms with E-state index in [9.17, 15) is 5.26 Å². The van der Waals surface area contributed by atoms with Crippen LogP contribution in [0.3, 0.4) is 0 Å². The Morgan fingerprint density at radius 3 is 2.14 bits per heavy atom. The molecule has 2 aliphatic carbocycles. The lowest BCUT2D eigenvalue weighted by molar-refractivity contribution is 0.00648.